The Labute approximate surface area is 113 Å². The molecule has 0 amide bonds. The van der Waals surface area contributed by atoms with Gasteiger partial charge in [-0.25, -0.2) is 0 Å². The van der Waals surface area contributed by atoms with Gasteiger partial charge in [-0.05, 0) is 47.8 Å². The van der Waals surface area contributed by atoms with Crippen LogP contribution in [0.5, 0.6) is 0 Å². The Morgan fingerprint density at radius 1 is 1.29 bits per heavy atom. The maximum atomic E-state index is 4.66. The molecule has 1 aromatic carbocycles. The lowest BCUT2D eigenvalue weighted by molar-refractivity contribution is 0.408. The van der Waals surface area contributed by atoms with Crippen LogP contribution in [0.4, 0.5) is 5.69 Å². The molecule has 1 aromatic rings. The van der Waals surface area contributed by atoms with E-state index in [4.69, 9.17) is 0 Å². The monoisotopic (exact) mass is 263 g/mol. The number of isothiocyanates is 1. The first-order valence-electron chi connectivity index (χ1n) is 5.75. The summed E-state index contributed by atoms with van der Waals surface area (Å²) in [5.41, 5.74) is 2.48. The largest absolute Gasteiger partial charge is 0.195 e. The first kappa shape index (κ1) is 12.8. The van der Waals surface area contributed by atoms with Gasteiger partial charge >= 0.3 is 0 Å². The first-order chi connectivity index (χ1) is 7.84. The summed E-state index contributed by atoms with van der Waals surface area (Å²) in [6.07, 6.45) is 1.17. The van der Waals surface area contributed by atoms with Crippen molar-refractivity contribution in [3.05, 3.63) is 23.8 Å². The Balaban J connectivity index is 2.55. The average molecular weight is 263 g/mol. The molecule has 0 N–H and O–H groups in total. The Kier molecular flexibility index (Phi) is 3.19. The van der Waals surface area contributed by atoms with Crippen LogP contribution < -0.4 is 0 Å². The van der Waals surface area contributed by atoms with Gasteiger partial charge < -0.3 is 0 Å². The summed E-state index contributed by atoms with van der Waals surface area (Å²) in [4.78, 5) is 5.44. The van der Waals surface area contributed by atoms with Gasteiger partial charge in [-0.3, -0.25) is 0 Å². The number of nitrogens with zero attached hydrogens (tertiary/aromatic N) is 1. The molecule has 0 bridgehead atoms. The van der Waals surface area contributed by atoms with Gasteiger partial charge in [0.25, 0.3) is 0 Å². The molecule has 1 aliphatic rings. The summed E-state index contributed by atoms with van der Waals surface area (Å²) in [6, 6.07) is 6.33. The molecule has 3 heteroatoms. The van der Waals surface area contributed by atoms with E-state index in [1.54, 1.807) is 0 Å². The smallest absolute Gasteiger partial charge is 0.0743 e. The SMILES string of the molecule is CC1(C)CC(C)(C)c2cc(N=C=S)ccc2S1. The van der Waals surface area contributed by atoms with E-state index in [-0.39, 0.29) is 5.41 Å². The Morgan fingerprint density at radius 3 is 2.65 bits per heavy atom. The van der Waals surface area contributed by atoms with Gasteiger partial charge in [0.15, 0.2) is 0 Å². The van der Waals surface area contributed by atoms with E-state index >= 15 is 0 Å². The van der Waals surface area contributed by atoms with E-state index in [0.29, 0.717) is 4.75 Å². The molecule has 0 aromatic heterocycles. The standard InChI is InChI=1S/C14H17NS2/c1-13(2)8-14(3,4)17-12-6-5-10(15-9-16)7-11(12)13/h5-7H,8H2,1-4H3. The summed E-state index contributed by atoms with van der Waals surface area (Å²) in [6.45, 7) is 9.23. The summed E-state index contributed by atoms with van der Waals surface area (Å²) in [7, 11) is 0. The lowest BCUT2D eigenvalue weighted by Crippen LogP contribution is -2.33. The van der Waals surface area contributed by atoms with Crippen LogP contribution in [0.25, 0.3) is 0 Å². The third kappa shape index (κ3) is 2.62. The minimum absolute atomic E-state index is 0.192. The van der Waals surface area contributed by atoms with Crippen LogP contribution in [0, 0.1) is 0 Å². The molecule has 0 atom stereocenters. The van der Waals surface area contributed by atoms with Crippen molar-refractivity contribution in [3.63, 3.8) is 0 Å². The average Bonchev–Trinajstić information content (AvgIpc) is 2.17. The molecule has 17 heavy (non-hydrogen) atoms. The summed E-state index contributed by atoms with van der Waals surface area (Å²) < 4.78 is 0.297. The van der Waals surface area contributed by atoms with E-state index in [1.807, 2.05) is 17.8 Å². The van der Waals surface area contributed by atoms with Gasteiger partial charge in [-0.2, -0.15) is 4.99 Å². The topological polar surface area (TPSA) is 12.4 Å². The van der Waals surface area contributed by atoms with Gasteiger partial charge in [0, 0.05) is 9.64 Å². The number of thiocarbonyl (C=S) groups is 1. The lowest BCUT2D eigenvalue weighted by atomic mass is 9.77. The second-order valence-electron chi connectivity index (χ2n) is 5.81. The number of fused-ring (bicyclic) bond motifs is 1. The minimum atomic E-state index is 0.192. The number of thioether (sulfide) groups is 1. The van der Waals surface area contributed by atoms with Crippen molar-refractivity contribution in [1.29, 1.82) is 0 Å². The Morgan fingerprint density at radius 2 is 2.00 bits per heavy atom. The van der Waals surface area contributed by atoms with Gasteiger partial charge in [-0.1, -0.05) is 27.7 Å². The fourth-order valence-corrected chi connectivity index (χ4v) is 4.47. The molecular formula is C14H17NS2. The molecule has 0 aliphatic carbocycles. The van der Waals surface area contributed by atoms with Crippen LogP contribution in [-0.4, -0.2) is 9.91 Å². The molecule has 1 aliphatic heterocycles. The van der Waals surface area contributed by atoms with Crippen molar-refractivity contribution in [2.24, 2.45) is 4.99 Å². The number of benzene rings is 1. The third-order valence-corrected chi connectivity index (χ3v) is 4.49. The number of rotatable bonds is 1. The molecule has 0 unspecified atom stereocenters. The highest BCUT2D eigenvalue weighted by Gasteiger charge is 2.37. The zero-order chi connectivity index (χ0) is 12.7. The Hall–Kier alpha value is -0.630. The predicted octanol–water partition coefficient (Wildman–Crippen LogP) is 4.97. The second kappa shape index (κ2) is 4.24. The number of aliphatic imine (C=N–C) groups is 1. The van der Waals surface area contributed by atoms with E-state index in [9.17, 15) is 0 Å². The zero-order valence-corrected chi connectivity index (χ0v) is 12.3. The highest BCUT2D eigenvalue weighted by atomic mass is 32.2. The van der Waals surface area contributed by atoms with Crippen LogP contribution in [0.1, 0.15) is 39.7 Å². The summed E-state index contributed by atoms with van der Waals surface area (Å²) in [5, 5.41) is 2.44. The predicted molar refractivity (Wildman–Crippen MR) is 78.7 cm³/mol. The molecule has 0 spiro atoms. The second-order valence-corrected chi connectivity index (χ2v) is 7.74. The fraction of sp³-hybridized carbons (Fsp3) is 0.500. The maximum Gasteiger partial charge on any atom is 0.0743 e. The molecule has 2 rings (SSSR count). The molecule has 1 heterocycles. The van der Waals surface area contributed by atoms with E-state index in [0.717, 1.165) is 5.69 Å². The van der Waals surface area contributed by atoms with Crippen molar-refractivity contribution in [3.8, 4) is 0 Å². The van der Waals surface area contributed by atoms with E-state index < -0.39 is 0 Å². The summed E-state index contributed by atoms with van der Waals surface area (Å²) >= 11 is 6.62. The van der Waals surface area contributed by atoms with Crippen molar-refractivity contribution >= 4 is 34.8 Å². The van der Waals surface area contributed by atoms with Crippen molar-refractivity contribution in [1.82, 2.24) is 0 Å². The third-order valence-electron chi connectivity index (χ3n) is 3.12. The van der Waals surface area contributed by atoms with Gasteiger partial charge in [0.05, 0.1) is 10.8 Å². The molecule has 0 fully saturated rings. The minimum Gasteiger partial charge on any atom is -0.195 e. The highest BCUT2D eigenvalue weighted by molar-refractivity contribution is 8.00. The molecule has 0 saturated carbocycles. The van der Waals surface area contributed by atoms with Crippen LogP contribution >= 0.6 is 24.0 Å². The van der Waals surface area contributed by atoms with Crippen molar-refractivity contribution < 1.29 is 0 Å². The van der Waals surface area contributed by atoms with Crippen molar-refractivity contribution in [2.45, 2.75) is 49.2 Å². The van der Waals surface area contributed by atoms with Crippen LogP contribution in [-0.2, 0) is 5.41 Å². The van der Waals surface area contributed by atoms with Crippen LogP contribution in [0.2, 0.25) is 0 Å². The number of hydrogen-bond donors (Lipinski definition) is 0. The van der Waals surface area contributed by atoms with E-state index in [1.165, 1.54) is 16.9 Å². The van der Waals surface area contributed by atoms with Crippen LogP contribution in [0.15, 0.2) is 28.1 Å². The van der Waals surface area contributed by atoms with E-state index in [2.05, 4.69) is 62.2 Å². The molecular weight excluding hydrogens is 246 g/mol. The fourth-order valence-electron chi connectivity index (χ4n) is 2.75. The summed E-state index contributed by atoms with van der Waals surface area (Å²) in [5.74, 6) is 0. The molecule has 0 saturated heterocycles. The quantitative estimate of drug-likeness (QED) is 0.523. The highest BCUT2D eigenvalue weighted by Crippen LogP contribution is 2.51. The molecule has 90 valence electrons. The normalized spacial score (nSPS) is 20.2. The number of hydrogen-bond acceptors (Lipinski definition) is 3. The van der Waals surface area contributed by atoms with Crippen LogP contribution in [0.3, 0.4) is 0 Å². The maximum absolute atomic E-state index is 4.66. The van der Waals surface area contributed by atoms with Gasteiger partial charge in [-0.15, -0.1) is 11.8 Å². The first-order valence-corrected chi connectivity index (χ1v) is 6.98. The molecule has 1 nitrogen and oxygen atoms in total. The van der Waals surface area contributed by atoms with Crippen molar-refractivity contribution in [2.75, 3.05) is 0 Å². The van der Waals surface area contributed by atoms with Gasteiger partial charge in [0.2, 0.25) is 0 Å². The molecule has 0 radical (unpaired) electrons. The van der Waals surface area contributed by atoms with Gasteiger partial charge in [0.1, 0.15) is 0 Å². The zero-order valence-electron chi connectivity index (χ0n) is 10.7. The Bertz CT molecular complexity index is 497. The lowest BCUT2D eigenvalue weighted by Gasteiger charge is -2.41.